The molecule has 1 unspecified atom stereocenters. The van der Waals surface area contributed by atoms with Gasteiger partial charge < -0.3 is 4.74 Å². The van der Waals surface area contributed by atoms with Crippen LogP contribution in [0.3, 0.4) is 0 Å². The van der Waals surface area contributed by atoms with Crippen LogP contribution in [0.15, 0.2) is 24.3 Å². The van der Waals surface area contributed by atoms with Gasteiger partial charge in [0.25, 0.3) is 0 Å². The van der Waals surface area contributed by atoms with Crippen molar-refractivity contribution in [3.8, 4) is 6.07 Å². The Morgan fingerprint density at radius 1 is 1.26 bits per heavy atom. The molecular weight excluding hydrogens is 238 g/mol. The number of nitriles is 1. The van der Waals surface area contributed by atoms with Gasteiger partial charge in [-0.15, -0.1) is 0 Å². The molecule has 0 aliphatic rings. The van der Waals surface area contributed by atoms with Crippen LogP contribution >= 0.6 is 0 Å². The number of hydrogen-bond acceptors (Lipinski definition) is 3. The molecule has 1 aromatic rings. The minimum absolute atomic E-state index is 0.0757. The zero-order valence-corrected chi connectivity index (χ0v) is 11.8. The molecule has 3 nitrogen and oxygen atoms in total. The molecule has 0 heterocycles. The first kappa shape index (κ1) is 15.4. The van der Waals surface area contributed by atoms with E-state index < -0.39 is 5.92 Å². The Hall–Kier alpha value is -1.66. The highest BCUT2D eigenvalue weighted by molar-refractivity contribution is 5.88. The fraction of sp³-hybridized carbons (Fsp3) is 0.500. The summed E-state index contributed by atoms with van der Waals surface area (Å²) < 4.78 is 5.16. The Labute approximate surface area is 115 Å². The molecule has 0 N–H and O–H groups in total. The molecule has 1 atom stereocenters. The van der Waals surface area contributed by atoms with Gasteiger partial charge in [-0.25, -0.2) is 0 Å². The normalized spacial score (nSPS) is 12.2. The summed E-state index contributed by atoms with van der Waals surface area (Å²) in [6, 6.07) is 9.81. The topological polar surface area (TPSA) is 50.1 Å². The molecule has 0 aliphatic carbocycles. The van der Waals surface area contributed by atoms with Crippen LogP contribution in [-0.4, -0.2) is 19.0 Å². The SMILES string of the molecule is CCOCCC(=O)C(C#N)c1ccc(C(C)C)cc1. The summed E-state index contributed by atoms with van der Waals surface area (Å²) in [4.78, 5) is 12.0. The molecule has 0 aromatic heterocycles. The summed E-state index contributed by atoms with van der Waals surface area (Å²) in [6.45, 7) is 7.09. The number of ether oxygens (including phenoxy) is 1. The monoisotopic (exact) mass is 259 g/mol. The maximum Gasteiger partial charge on any atom is 0.156 e. The Balaban J connectivity index is 2.74. The lowest BCUT2D eigenvalue weighted by Crippen LogP contribution is -2.13. The van der Waals surface area contributed by atoms with E-state index in [2.05, 4.69) is 19.9 Å². The van der Waals surface area contributed by atoms with Crippen molar-refractivity contribution in [2.45, 2.75) is 39.0 Å². The second kappa shape index (κ2) is 7.70. The molecule has 0 radical (unpaired) electrons. The van der Waals surface area contributed by atoms with Gasteiger partial charge in [-0.2, -0.15) is 5.26 Å². The number of hydrogen-bond donors (Lipinski definition) is 0. The highest BCUT2D eigenvalue weighted by atomic mass is 16.5. The molecule has 0 aliphatic heterocycles. The Morgan fingerprint density at radius 3 is 2.32 bits per heavy atom. The number of Topliss-reactive ketones (excluding diaryl/α,β-unsaturated/α-hetero) is 1. The van der Waals surface area contributed by atoms with Gasteiger partial charge in [0.05, 0.1) is 12.7 Å². The van der Waals surface area contributed by atoms with Crippen LogP contribution < -0.4 is 0 Å². The third kappa shape index (κ3) is 4.50. The lowest BCUT2D eigenvalue weighted by molar-refractivity contribution is -0.120. The zero-order valence-electron chi connectivity index (χ0n) is 11.8. The quantitative estimate of drug-likeness (QED) is 0.705. The van der Waals surface area contributed by atoms with E-state index in [1.165, 1.54) is 5.56 Å². The van der Waals surface area contributed by atoms with Crippen molar-refractivity contribution in [2.24, 2.45) is 0 Å². The average Bonchev–Trinajstić information content (AvgIpc) is 2.40. The Morgan fingerprint density at radius 2 is 1.84 bits per heavy atom. The van der Waals surface area contributed by atoms with Gasteiger partial charge >= 0.3 is 0 Å². The Bertz CT molecular complexity index is 443. The highest BCUT2D eigenvalue weighted by Gasteiger charge is 2.19. The van der Waals surface area contributed by atoms with E-state index in [0.29, 0.717) is 19.1 Å². The van der Waals surface area contributed by atoms with Crippen LogP contribution in [-0.2, 0) is 9.53 Å². The summed E-state index contributed by atoms with van der Waals surface area (Å²) in [5, 5.41) is 9.17. The summed E-state index contributed by atoms with van der Waals surface area (Å²) in [6.07, 6.45) is 0.290. The van der Waals surface area contributed by atoms with E-state index >= 15 is 0 Å². The Kier molecular flexibility index (Phi) is 6.24. The highest BCUT2D eigenvalue weighted by Crippen LogP contribution is 2.21. The number of carbonyl (C=O) groups is 1. The first-order chi connectivity index (χ1) is 9.10. The lowest BCUT2D eigenvalue weighted by atomic mass is 9.92. The van der Waals surface area contributed by atoms with E-state index in [-0.39, 0.29) is 12.2 Å². The number of benzene rings is 1. The van der Waals surface area contributed by atoms with Crippen molar-refractivity contribution in [2.75, 3.05) is 13.2 Å². The molecule has 0 fully saturated rings. The average molecular weight is 259 g/mol. The summed E-state index contributed by atoms with van der Waals surface area (Å²) in [7, 11) is 0. The van der Waals surface area contributed by atoms with E-state index in [9.17, 15) is 10.1 Å². The van der Waals surface area contributed by atoms with Gasteiger partial charge in [0, 0.05) is 13.0 Å². The van der Waals surface area contributed by atoms with Gasteiger partial charge in [-0.1, -0.05) is 38.1 Å². The minimum atomic E-state index is -0.679. The van der Waals surface area contributed by atoms with Gasteiger partial charge in [0.2, 0.25) is 0 Å². The third-order valence-electron chi connectivity index (χ3n) is 3.08. The van der Waals surface area contributed by atoms with E-state index in [1.807, 2.05) is 31.2 Å². The van der Waals surface area contributed by atoms with Crippen LogP contribution in [0.4, 0.5) is 0 Å². The smallest absolute Gasteiger partial charge is 0.156 e. The fourth-order valence-electron chi connectivity index (χ4n) is 1.87. The van der Waals surface area contributed by atoms with Gasteiger partial charge in [-0.05, 0) is 24.0 Å². The maximum atomic E-state index is 12.0. The standard InChI is InChI=1S/C16H21NO2/c1-4-19-10-9-16(18)15(11-17)14-7-5-13(6-8-14)12(2)3/h5-8,12,15H,4,9-10H2,1-3H3. The summed E-state index contributed by atoms with van der Waals surface area (Å²) in [5.41, 5.74) is 1.98. The molecule has 0 spiro atoms. The summed E-state index contributed by atoms with van der Waals surface area (Å²) in [5.74, 6) is -0.307. The van der Waals surface area contributed by atoms with Gasteiger partial charge in [-0.3, -0.25) is 4.79 Å². The maximum absolute atomic E-state index is 12.0. The molecule has 0 saturated carbocycles. The first-order valence-corrected chi connectivity index (χ1v) is 6.70. The minimum Gasteiger partial charge on any atom is -0.381 e. The molecule has 0 amide bonds. The van der Waals surface area contributed by atoms with Crippen molar-refractivity contribution in [1.29, 1.82) is 5.26 Å². The fourth-order valence-corrected chi connectivity index (χ4v) is 1.87. The van der Waals surface area contributed by atoms with E-state index in [0.717, 1.165) is 5.56 Å². The van der Waals surface area contributed by atoms with Crippen LogP contribution in [0.25, 0.3) is 0 Å². The number of nitrogens with zero attached hydrogens (tertiary/aromatic N) is 1. The molecule has 102 valence electrons. The molecule has 1 rings (SSSR count). The van der Waals surface area contributed by atoms with Crippen molar-refractivity contribution in [1.82, 2.24) is 0 Å². The molecule has 0 saturated heterocycles. The number of carbonyl (C=O) groups excluding carboxylic acids is 1. The van der Waals surface area contributed by atoms with Crippen molar-refractivity contribution < 1.29 is 9.53 Å². The van der Waals surface area contributed by atoms with Crippen LogP contribution in [0.1, 0.15) is 50.2 Å². The predicted octanol–water partition coefficient (Wildman–Crippen LogP) is 3.41. The van der Waals surface area contributed by atoms with E-state index in [4.69, 9.17) is 4.74 Å². The molecule has 0 bridgehead atoms. The second-order valence-corrected chi connectivity index (χ2v) is 4.80. The molecule has 1 aromatic carbocycles. The van der Waals surface area contributed by atoms with Crippen LogP contribution in [0.5, 0.6) is 0 Å². The first-order valence-electron chi connectivity index (χ1n) is 6.70. The van der Waals surface area contributed by atoms with Gasteiger partial charge in [0.1, 0.15) is 5.92 Å². The second-order valence-electron chi connectivity index (χ2n) is 4.80. The van der Waals surface area contributed by atoms with Crippen molar-refractivity contribution in [3.05, 3.63) is 35.4 Å². The zero-order chi connectivity index (χ0) is 14.3. The predicted molar refractivity (Wildman–Crippen MR) is 75.0 cm³/mol. The van der Waals surface area contributed by atoms with Crippen molar-refractivity contribution in [3.63, 3.8) is 0 Å². The third-order valence-corrected chi connectivity index (χ3v) is 3.08. The number of rotatable bonds is 7. The van der Waals surface area contributed by atoms with Crippen LogP contribution in [0.2, 0.25) is 0 Å². The van der Waals surface area contributed by atoms with E-state index in [1.54, 1.807) is 0 Å². The summed E-state index contributed by atoms with van der Waals surface area (Å²) >= 11 is 0. The van der Waals surface area contributed by atoms with Crippen molar-refractivity contribution >= 4 is 5.78 Å². The van der Waals surface area contributed by atoms with Gasteiger partial charge in [0.15, 0.2) is 5.78 Å². The number of ketones is 1. The molecule has 3 heteroatoms. The lowest BCUT2D eigenvalue weighted by Gasteiger charge is -2.11. The molecular formula is C16H21NO2. The van der Waals surface area contributed by atoms with Crippen LogP contribution in [0, 0.1) is 11.3 Å². The molecule has 19 heavy (non-hydrogen) atoms. The largest absolute Gasteiger partial charge is 0.381 e.